The lowest BCUT2D eigenvalue weighted by Crippen LogP contribution is -2.39. The Balaban J connectivity index is 0.000000921. The summed E-state index contributed by atoms with van der Waals surface area (Å²) in [5, 5.41) is 2.57. The average molecular weight is 222 g/mol. The van der Waals surface area contributed by atoms with E-state index in [0.717, 1.165) is 11.3 Å². The molecule has 3 nitrogen and oxygen atoms in total. The van der Waals surface area contributed by atoms with E-state index in [1.807, 2.05) is 20.8 Å². The summed E-state index contributed by atoms with van der Waals surface area (Å²) in [6.45, 7) is 6.17. The molecule has 0 radical (unpaired) electrons. The Kier molecular flexibility index (Phi) is 6.20. The maximum atomic E-state index is 12.7. The first kappa shape index (κ1) is 14.1. The molecular formula is C10H20F2N2O. The van der Waals surface area contributed by atoms with Crippen LogP contribution in [0.2, 0.25) is 0 Å². The summed E-state index contributed by atoms with van der Waals surface area (Å²) in [4.78, 5) is 12.3. The van der Waals surface area contributed by atoms with Gasteiger partial charge in [0.25, 0.3) is 5.92 Å². The van der Waals surface area contributed by atoms with Crippen molar-refractivity contribution in [1.82, 2.24) is 10.2 Å². The molecule has 0 unspecified atom stereocenters. The van der Waals surface area contributed by atoms with Gasteiger partial charge in [0, 0.05) is 19.5 Å². The Labute approximate surface area is 89.8 Å². The van der Waals surface area contributed by atoms with Crippen LogP contribution in [-0.2, 0) is 0 Å². The predicted molar refractivity (Wildman–Crippen MR) is 56.2 cm³/mol. The van der Waals surface area contributed by atoms with Crippen LogP contribution in [0.15, 0.2) is 0 Å². The number of carbonyl (C=O) groups excluding carboxylic acids is 1. The largest absolute Gasteiger partial charge is 0.338 e. The van der Waals surface area contributed by atoms with E-state index in [4.69, 9.17) is 0 Å². The number of likely N-dealkylation sites (tertiary alicyclic amines) is 1. The molecule has 0 atom stereocenters. The summed E-state index contributed by atoms with van der Waals surface area (Å²) in [6, 6.07) is -0.376. The van der Waals surface area contributed by atoms with Gasteiger partial charge in [-0.05, 0) is 6.42 Å². The van der Waals surface area contributed by atoms with Gasteiger partial charge in [0.2, 0.25) is 0 Å². The van der Waals surface area contributed by atoms with Crippen molar-refractivity contribution in [2.24, 2.45) is 0 Å². The molecule has 1 aliphatic heterocycles. The number of amides is 2. The molecule has 1 N–H and O–H groups in total. The highest BCUT2D eigenvalue weighted by Gasteiger charge is 2.40. The zero-order valence-corrected chi connectivity index (χ0v) is 9.65. The second-order valence-electron chi connectivity index (χ2n) is 3.26. The summed E-state index contributed by atoms with van der Waals surface area (Å²) >= 11 is 0. The summed E-state index contributed by atoms with van der Waals surface area (Å²) < 4.78 is 25.3. The first-order valence-corrected chi connectivity index (χ1v) is 5.46. The fourth-order valence-electron chi connectivity index (χ4n) is 1.25. The molecule has 0 aromatic rings. The lowest BCUT2D eigenvalue weighted by atomic mass is 10.3. The second kappa shape index (κ2) is 6.58. The molecule has 2 amide bonds. The first-order chi connectivity index (χ1) is 7.05. The summed E-state index contributed by atoms with van der Waals surface area (Å²) in [5.74, 6) is -2.69. The molecule has 1 aliphatic rings. The van der Waals surface area contributed by atoms with E-state index in [1.165, 1.54) is 0 Å². The molecule has 0 aromatic heterocycles. The molecule has 5 heteroatoms. The Hall–Kier alpha value is -0.870. The van der Waals surface area contributed by atoms with Gasteiger partial charge in [0.05, 0.1) is 6.54 Å². The van der Waals surface area contributed by atoms with Crippen molar-refractivity contribution in [1.29, 1.82) is 0 Å². The van der Waals surface area contributed by atoms with Gasteiger partial charge in [-0.15, -0.1) is 0 Å². The number of hydrogen-bond acceptors (Lipinski definition) is 1. The van der Waals surface area contributed by atoms with Crippen LogP contribution >= 0.6 is 0 Å². The lowest BCUT2D eigenvalue weighted by Gasteiger charge is -2.16. The van der Waals surface area contributed by atoms with Crippen molar-refractivity contribution < 1.29 is 13.6 Å². The number of nitrogens with zero attached hydrogens (tertiary/aromatic N) is 1. The quantitative estimate of drug-likeness (QED) is 0.764. The Morgan fingerprint density at radius 3 is 2.47 bits per heavy atom. The Morgan fingerprint density at radius 1 is 1.47 bits per heavy atom. The highest BCUT2D eigenvalue weighted by molar-refractivity contribution is 5.74. The molecule has 1 fully saturated rings. The third-order valence-electron chi connectivity index (χ3n) is 1.98. The number of carbonyl (C=O) groups is 1. The number of hydrogen-bond donors (Lipinski definition) is 1. The monoisotopic (exact) mass is 222 g/mol. The fourth-order valence-corrected chi connectivity index (χ4v) is 1.25. The zero-order chi connectivity index (χ0) is 11.9. The molecule has 1 heterocycles. The van der Waals surface area contributed by atoms with Crippen molar-refractivity contribution in [3.8, 4) is 0 Å². The topological polar surface area (TPSA) is 32.3 Å². The van der Waals surface area contributed by atoms with Crippen LogP contribution in [0.3, 0.4) is 0 Å². The highest BCUT2D eigenvalue weighted by Crippen LogP contribution is 2.26. The van der Waals surface area contributed by atoms with Gasteiger partial charge in [-0.25, -0.2) is 13.6 Å². The van der Waals surface area contributed by atoms with Gasteiger partial charge in [0.15, 0.2) is 0 Å². The minimum atomic E-state index is -2.69. The number of urea groups is 1. The van der Waals surface area contributed by atoms with Crippen LogP contribution in [0.1, 0.15) is 33.6 Å². The van der Waals surface area contributed by atoms with Crippen LogP contribution in [0.25, 0.3) is 0 Å². The summed E-state index contributed by atoms with van der Waals surface area (Å²) in [7, 11) is 0. The molecule has 90 valence electrons. The smallest absolute Gasteiger partial charge is 0.317 e. The fraction of sp³-hybridized carbons (Fsp3) is 0.900. The van der Waals surface area contributed by atoms with Gasteiger partial charge < -0.3 is 10.2 Å². The van der Waals surface area contributed by atoms with Crippen molar-refractivity contribution in [2.75, 3.05) is 19.6 Å². The van der Waals surface area contributed by atoms with Crippen molar-refractivity contribution in [3.63, 3.8) is 0 Å². The minimum Gasteiger partial charge on any atom is -0.338 e. The maximum Gasteiger partial charge on any atom is 0.317 e. The average Bonchev–Trinajstić information content (AvgIpc) is 2.58. The first-order valence-electron chi connectivity index (χ1n) is 5.46. The Morgan fingerprint density at radius 2 is 2.07 bits per heavy atom. The van der Waals surface area contributed by atoms with Gasteiger partial charge >= 0.3 is 6.03 Å². The molecule has 0 aromatic carbocycles. The van der Waals surface area contributed by atoms with Crippen LogP contribution in [-0.4, -0.2) is 36.5 Å². The lowest BCUT2D eigenvalue weighted by molar-refractivity contribution is 0.0154. The van der Waals surface area contributed by atoms with Gasteiger partial charge in [0.1, 0.15) is 0 Å². The zero-order valence-electron chi connectivity index (χ0n) is 9.65. The normalized spacial score (nSPS) is 18.1. The number of rotatable bonds is 2. The second-order valence-corrected chi connectivity index (χ2v) is 3.26. The summed E-state index contributed by atoms with van der Waals surface area (Å²) in [6.07, 6.45) is 0.600. The van der Waals surface area contributed by atoms with Crippen molar-refractivity contribution in [2.45, 2.75) is 39.5 Å². The Bertz CT molecular complexity index is 198. The molecule has 1 saturated heterocycles. The van der Waals surface area contributed by atoms with Crippen LogP contribution in [0.5, 0.6) is 0 Å². The SMILES string of the molecule is CC.CCCNC(=O)N1CCC(F)(F)C1. The third-order valence-corrected chi connectivity index (χ3v) is 1.98. The standard InChI is InChI=1S/C8H14F2N2O.C2H6/c1-2-4-11-7(13)12-5-3-8(9,10)6-12;1-2/h2-6H2,1H3,(H,11,13);1-2H3. The van der Waals surface area contributed by atoms with Crippen molar-refractivity contribution in [3.05, 3.63) is 0 Å². The van der Waals surface area contributed by atoms with E-state index in [2.05, 4.69) is 5.32 Å². The van der Waals surface area contributed by atoms with E-state index in [0.29, 0.717) is 6.54 Å². The molecule has 0 spiro atoms. The molecule has 0 saturated carbocycles. The van der Waals surface area contributed by atoms with Gasteiger partial charge in [-0.1, -0.05) is 20.8 Å². The van der Waals surface area contributed by atoms with E-state index in [-0.39, 0.29) is 19.0 Å². The molecule has 1 rings (SSSR count). The third kappa shape index (κ3) is 4.95. The maximum absolute atomic E-state index is 12.7. The van der Waals surface area contributed by atoms with Crippen molar-refractivity contribution >= 4 is 6.03 Å². The molecule has 15 heavy (non-hydrogen) atoms. The minimum absolute atomic E-state index is 0.155. The molecule has 0 aliphatic carbocycles. The van der Waals surface area contributed by atoms with E-state index < -0.39 is 12.5 Å². The molecular weight excluding hydrogens is 202 g/mol. The number of nitrogens with one attached hydrogen (secondary N) is 1. The number of alkyl halides is 2. The van der Waals surface area contributed by atoms with Crippen LogP contribution in [0, 0.1) is 0 Å². The number of halogens is 2. The van der Waals surface area contributed by atoms with Gasteiger partial charge in [-0.2, -0.15) is 0 Å². The van der Waals surface area contributed by atoms with E-state index in [9.17, 15) is 13.6 Å². The highest BCUT2D eigenvalue weighted by atomic mass is 19.3. The van der Waals surface area contributed by atoms with E-state index >= 15 is 0 Å². The van der Waals surface area contributed by atoms with Crippen LogP contribution < -0.4 is 5.32 Å². The van der Waals surface area contributed by atoms with E-state index in [1.54, 1.807) is 0 Å². The van der Waals surface area contributed by atoms with Gasteiger partial charge in [-0.3, -0.25) is 0 Å². The predicted octanol–water partition coefficient (Wildman–Crippen LogP) is 2.47. The van der Waals surface area contributed by atoms with Crippen LogP contribution in [0.4, 0.5) is 13.6 Å². The molecule has 0 bridgehead atoms. The summed E-state index contributed by atoms with van der Waals surface area (Å²) in [5.41, 5.74) is 0.